The molecule has 2 nitrogen and oxygen atoms in total. The Bertz CT molecular complexity index is 48.5. The van der Waals surface area contributed by atoms with E-state index in [4.69, 9.17) is 4.74 Å². The lowest BCUT2D eigenvalue weighted by molar-refractivity contribution is 0.0914. The summed E-state index contributed by atoms with van der Waals surface area (Å²) in [4.78, 5) is 0. The van der Waals surface area contributed by atoms with Gasteiger partial charge < -0.3 is 10.1 Å². The van der Waals surface area contributed by atoms with Crippen molar-refractivity contribution in [2.24, 2.45) is 0 Å². The number of likely N-dealkylation sites (N-methyl/N-ethyl adjacent to an activating group) is 1. The maximum Gasteiger partial charge on any atom is 0.0693 e. The van der Waals surface area contributed by atoms with Crippen molar-refractivity contribution >= 4 is 0 Å². The number of methoxy groups -OCH3 is 1. The summed E-state index contributed by atoms with van der Waals surface area (Å²) in [7, 11) is 3.65. The van der Waals surface area contributed by atoms with Crippen LogP contribution >= 0.6 is 0 Å². The summed E-state index contributed by atoms with van der Waals surface area (Å²) in [6.07, 6.45) is 0.306. The Morgan fingerprint density at radius 2 is 1.88 bits per heavy atom. The van der Waals surface area contributed by atoms with E-state index in [1.54, 1.807) is 7.11 Å². The molecule has 0 aromatic rings. The molecular weight excluding hydrogens is 102 g/mol. The summed E-state index contributed by atoms with van der Waals surface area (Å²) in [6.45, 7) is 4.13. The average molecular weight is 117 g/mol. The highest BCUT2D eigenvalue weighted by atomic mass is 16.5. The third-order valence-electron chi connectivity index (χ3n) is 1.53. The van der Waals surface area contributed by atoms with Crippen LogP contribution in [-0.2, 0) is 4.74 Å². The van der Waals surface area contributed by atoms with Crippen molar-refractivity contribution in [2.75, 3.05) is 14.2 Å². The number of hydrogen-bond acceptors (Lipinski definition) is 2. The summed E-state index contributed by atoms with van der Waals surface area (Å²) in [6, 6.07) is 0.444. The van der Waals surface area contributed by atoms with Crippen LogP contribution in [0.5, 0.6) is 0 Å². The van der Waals surface area contributed by atoms with Gasteiger partial charge in [0.1, 0.15) is 0 Å². The fourth-order valence-electron chi connectivity index (χ4n) is 0.439. The van der Waals surface area contributed by atoms with Crippen molar-refractivity contribution in [3.63, 3.8) is 0 Å². The fraction of sp³-hybridized carbons (Fsp3) is 1.00. The van der Waals surface area contributed by atoms with E-state index in [1.807, 2.05) is 14.0 Å². The minimum atomic E-state index is 0.306. The normalized spacial score (nSPS) is 18.0. The van der Waals surface area contributed by atoms with E-state index in [0.717, 1.165) is 0 Å². The van der Waals surface area contributed by atoms with Gasteiger partial charge in [-0.1, -0.05) is 0 Å². The second-order valence-corrected chi connectivity index (χ2v) is 2.02. The predicted molar refractivity (Wildman–Crippen MR) is 35.0 cm³/mol. The summed E-state index contributed by atoms with van der Waals surface area (Å²) in [5, 5.41) is 3.09. The van der Waals surface area contributed by atoms with Gasteiger partial charge in [-0.25, -0.2) is 0 Å². The van der Waals surface area contributed by atoms with E-state index in [-0.39, 0.29) is 0 Å². The Balaban J connectivity index is 3.29. The molecule has 2 heteroatoms. The van der Waals surface area contributed by atoms with Crippen LogP contribution in [0.25, 0.3) is 0 Å². The van der Waals surface area contributed by atoms with Crippen molar-refractivity contribution in [1.29, 1.82) is 0 Å². The van der Waals surface area contributed by atoms with Gasteiger partial charge in [0.15, 0.2) is 0 Å². The van der Waals surface area contributed by atoms with Crippen LogP contribution in [0, 0.1) is 0 Å². The summed E-state index contributed by atoms with van der Waals surface area (Å²) < 4.78 is 5.04. The molecule has 1 N–H and O–H groups in total. The first kappa shape index (κ1) is 7.92. The van der Waals surface area contributed by atoms with Gasteiger partial charge in [-0.3, -0.25) is 0 Å². The topological polar surface area (TPSA) is 21.3 Å². The van der Waals surface area contributed by atoms with Crippen LogP contribution in [0.2, 0.25) is 0 Å². The summed E-state index contributed by atoms with van der Waals surface area (Å²) >= 11 is 0. The van der Waals surface area contributed by atoms with Crippen LogP contribution < -0.4 is 5.32 Å². The van der Waals surface area contributed by atoms with Crippen molar-refractivity contribution < 1.29 is 4.74 Å². The molecule has 0 radical (unpaired) electrons. The summed E-state index contributed by atoms with van der Waals surface area (Å²) in [5.41, 5.74) is 0. The molecule has 0 heterocycles. The number of rotatable bonds is 3. The van der Waals surface area contributed by atoms with Crippen molar-refractivity contribution in [2.45, 2.75) is 26.0 Å². The van der Waals surface area contributed by atoms with E-state index in [1.165, 1.54) is 0 Å². The highest BCUT2D eigenvalue weighted by molar-refractivity contribution is 4.63. The van der Waals surface area contributed by atoms with Gasteiger partial charge in [-0.2, -0.15) is 0 Å². The second-order valence-electron chi connectivity index (χ2n) is 2.02. The van der Waals surface area contributed by atoms with E-state index in [0.29, 0.717) is 12.1 Å². The van der Waals surface area contributed by atoms with Crippen molar-refractivity contribution in [3.8, 4) is 0 Å². The maximum atomic E-state index is 5.04. The van der Waals surface area contributed by atoms with E-state index >= 15 is 0 Å². The quantitative estimate of drug-likeness (QED) is 0.585. The average Bonchev–Trinajstić information content (AvgIpc) is 1.84. The zero-order chi connectivity index (χ0) is 6.57. The molecule has 0 saturated carbocycles. The number of ether oxygens (including phenoxy) is 1. The molecule has 0 bridgehead atoms. The molecule has 0 aliphatic heterocycles. The van der Waals surface area contributed by atoms with Gasteiger partial charge in [-0.05, 0) is 20.9 Å². The van der Waals surface area contributed by atoms with E-state index in [9.17, 15) is 0 Å². The van der Waals surface area contributed by atoms with Gasteiger partial charge >= 0.3 is 0 Å². The molecule has 0 aromatic carbocycles. The standard InChI is InChI=1S/C6H15NO/c1-5(7-3)6(2)8-4/h5-7H,1-4H3/t5-,6?/m0/s1. The first-order valence-corrected chi connectivity index (χ1v) is 2.92. The minimum absolute atomic E-state index is 0.306. The van der Waals surface area contributed by atoms with Crippen LogP contribution in [0.4, 0.5) is 0 Å². The Labute approximate surface area is 51.2 Å². The van der Waals surface area contributed by atoms with Gasteiger partial charge in [0, 0.05) is 13.2 Å². The Morgan fingerprint density at radius 1 is 1.38 bits per heavy atom. The van der Waals surface area contributed by atoms with Crippen molar-refractivity contribution in [1.82, 2.24) is 5.32 Å². The molecule has 0 amide bonds. The first-order valence-electron chi connectivity index (χ1n) is 2.92. The highest BCUT2D eigenvalue weighted by Gasteiger charge is 2.05. The Hall–Kier alpha value is -0.0800. The molecule has 1 unspecified atom stereocenters. The Morgan fingerprint density at radius 3 is 2.00 bits per heavy atom. The lowest BCUT2D eigenvalue weighted by Gasteiger charge is -2.16. The monoisotopic (exact) mass is 117 g/mol. The molecule has 0 aliphatic rings. The lowest BCUT2D eigenvalue weighted by atomic mass is 10.2. The first-order chi connectivity index (χ1) is 3.72. The zero-order valence-electron chi connectivity index (χ0n) is 6.06. The molecule has 0 saturated heterocycles. The molecule has 0 aromatic heterocycles. The van der Waals surface area contributed by atoms with Crippen molar-refractivity contribution in [3.05, 3.63) is 0 Å². The number of hydrogen-bond donors (Lipinski definition) is 1. The third-order valence-corrected chi connectivity index (χ3v) is 1.53. The Kier molecular flexibility index (Phi) is 3.83. The molecule has 0 spiro atoms. The van der Waals surface area contributed by atoms with Gasteiger partial charge in [-0.15, -0.1) is 0 Å². The molecule has 0 fully saturated rings. The fourth-order valence-corrected chi connectivity index (χ4v) is 0.439. The van der Waals surface area contributed by atoms with Crippen LogP contribution in [-0.4, -0.2) is 26.3 Å². The highest BCUT2D eigenvalue weighted by Crippen LogP contribution is 1.93. The minimum Gasteiger partial charge on any atom is -0.380 e. The SMILES string of the molecule is CN[C@@H](C)C(C)OC. The number of nitrogens with one attached hydrogen (secondary N) is 1. The summed E-state index contributed by atoms with van der Waals surface area (Å²) in [5.74, 6) is 0. The van der Waals surface area contributed by atoms with Crippen LogP contribution in [0.1, 0.15) is 13.8 Å². The predicted octanol–water partition coefficient (Wildman–Crippen LogP) is 0.629. The van der Waals surface area contributed by atoms with E-state index < -0.39 is 0 Å². The molecular formula is C6H15NO. The zero-order valence-corrected chi connectivity index (χ0v) is 6.06. The maximum absolute atomic E-state index is 5.04. The lowest BCUT2D eigenvalue weighted by Crippen LogP contribution is -2.33. The molecule has 8 heavy (non-hydrogen) atoms. The third kappa shape index (κ3) is 2.28. The van der Waals surface area contributed by atoms with Gasteiger partial charge in [0.2, 0.25) is 0 Å². The van der Waals surface area contributed by atoms with Crippen LogP contribution in [0.15, 0.2) is 0 Å². The molecule has 0 aliphatic carbocycles. The molecule has 2 atom stereocenters. The molecule has 50 valence electrons. The largest absolute Gasteiger partial charge is 0.380 e. The molecule has 0 rings (SSSR count). The van der Waals surface area contributed by atoms with Gasteiger partial charge in [0.05, 0.1) is 6.10 Å². The van der Waals surface area contributed by atoms with Crippen LogP contribution in [0.3, 0.4) is 0 Å². The van der Waals surface area contributed by atoms with Gasteiger partial charge in [0.25, 0.3) is 0 Å². The smallest absolute Gasteiger partial charge is 0.0693 e. The van der Waals surface area contributed by atoms with E-state index in [2.05, 4.69) is 12.2 Å². The second kappa shape index (κ2) is 3.87.